The van der Waals surface area contributed by atoms with Gasteiger partial charge in [0.05, 0.1) is 11.2 Å². The van der Waals surface area contributed by atoms with E-state index in [9.17, 15) is 4.79 Å². The van der Waals surface area contributed by atoms with E-state index >= 15 is 0 Å². The lowest BCUT2D eigenvalue weighted by atomic mass is 10.4. The van der Waals surface area contributed by atoms with Gasteiger partial charge in [-0.15, -0.1) is 0 Å². The molecule has 0 atom stereocenters. The highest BCUT2D eigenvalue weighted by molar-refractivity contribution is 6.66. The standard InChI is InChI=1S/C6H2Cl4N2O2/c7-2-1-11-5(6(8,9)10)12-3(2)4(13)14/h1H,(H,13,14). The molecule has 8 heteroatoms. The summed E-state index contributed by atoms with van der Waals surface area (Å²) in [4.78, 5) is 17.7. The molecular formula is C6H2Cl4N2O2. The fourth-order valence-corrected chi connectivity index (χ4v) is 1.10. The Bertz CT molecular complexity index is 377. The molecule has 14 heavy (non-hydrogen) atoms. The Labute approximate surface area is 98.8 Å². The molecule has 1 heterocycles. The molecule has 4 nitrogen and oxygen atoms in total. The molecule has 0 spiro atoms. The molecule has 0 unspecified atom stereocenters. The van der Waals surface area contributed by atoms with Gasteiger partial charge in [0.25, 0.3) is 0 Å². The van der Waals surface area contributed by atoms with Gasteiger partial charge in [-0.1, -0.05) is 46.4 Å². The first-order valence-electron chi connectivity index (χ1n) is 3.15. The van der Waals surface area contributed by atoms with Gasteiger partial charge in [-0.3, -0.25) is 0 Å². The highest BCUT2D eigenvalue weighted by Crippen LogP contribution is 2.36. The Kier molecular flexibility index (Phi) is 3.42. The minimum Gasteiger partial charge on any atom is -0.476 e. The van der Waals surface area contributed by atoms with E-state index in [4.69, 9.17) is 51.5 Å². The zero-order chi connectivity index (χ0) is 10.9. The Balaban J connectivity index is 3.27. The molecule has 0 saturated heterocycles. The monoisotopic (exact) mass is 274 g/mol. The highest BCUT2D eigenvalue weighted by Gasteiger charge is 2.28. The third-order valence-corrected chi connectivity index (χ3v) is 1.98. The predicted octanol–water partition coefficient (Wildman–Crippen LogP) is 2.65. The van der Waals surface area contributed by atoms with Crippen LogP contribution in [-0.4, -0.2) is 21.0 Å². The molecular weight excluding hydrogens is 274 g/mol. The summed E-state index contributed by atoms with van der Waals surface area (Å²) in [5.74, 6) is -1.54. The van der Waals surface area contributed by atoms with Crippen LogP contribution < -0.4 is 0 Å². The minimum atomic E-state index is -1.87. The number of rotatable bonds is 1. The van der Waals surface area contributed by atoms with E-state index in [1.807, 2.05) is 0 Å². The number of hydrogen-bond acceptors (Lipinski definition) is 3. The normalized spacial score (nSPS) is 11.4. The summed E-state index contributed by atoms with van der Waals surface area (Å²) in [7, 11) is 0. The molecule has 1 aromatic rings. The van der Waals surface area contributed by atoms with Crippen LogP contribution in [0.25, 0.3) is 0 Å². The van der Waals surface area contributed by atoms with Gasteiger partial charge in [-0.2, -0.15) is 0 Å². The van der Waals surface area contributed by atoms with Crippen molar-refractivity contribution in [1.82, 2.24) is 9.97 Å². The third kappa shape index (κ3) is 2.60. The van der Waals surface area contributed by atoms with Crippen molar-refractivity contribution < 1.29 is 9.90 Å². The number of carboxylic acid groups (broad SMARTS) is 1. The Hall–Kier alpha value is -0.290. The lowest BCUT2D eigenvalue weighted by molar-refractivity contribution is 0.0690. The third-order valence-electron chi connectivity index (χ3n) is 1.20. The quantitative estimate of drug-likeness (QED) is 0.801. The zero-order valence-electron chi connectivity index (χ0n) is 6.34. The van der Waals surface area contributed by atoms with Gasteiger partial charge in [0.1, 0.15) is 0 Å². The van der Waals surface area contributed by atoms with Gasteiger partial charge < -0.3 is 5.11 Å². The van der Waals surface area contributed by atoms with E-state index in [0.29, 0.717) is 0 Å². The van der Waals surface area contributed by atoms with Crippen LogP contribution in [0.5, 0.6) is 0 Å². The van der Waals surface area contributed by atoms with Gasteiger partial charge in [0.2, 0.25) is 3.79 Å². The smallest absolute Gasteiger partial charge is 0.356 e. The second kappa shape index (κ2) is 4.06. The average Bonchev–Trinajstić information content (AvgIpc) is 2.02. The predicted molar refractivity (Wildman–Crippen MR) is 53.2 cm³/mol. The van der Waals surface area contributed by atoms with Crippen molar-refractivity contribution in [2.75, 3.05) is 0 Å². The maximum Gasteiger partial charge on any atom is 0.356 e. The van der Waals surface area contributed by atoms with Crippen molar-refractivity contribution in [2.45, 2.75) is 3.79 Å². The summed E-state index contributed by atoms with van der Waals surface area (Å²) < 4.78 is -1.87. The molecule has 0 aliphatic carbocycles. The van der Waals surface area contributed by atoms with Gasteiger partial charge in [0, 0.05) is 0 Å². The Morgan fingerprint density at radius 1 is 1.43 bits per heavy atom. The molecule has 0 aliphatic heterocycles. The second-order valence-electron chi connectivity index (χ2n) is 2.19. The van der Waals surface area contributed by atoms with Crippen LogP contribution in [0, 0.1) is 0 Å². The molecule has 0 amide bonds. The molecule has 1 aromatic heterocycles. The molecule has 0 fully saturated rings. The first kappa shape index (κ1) is 11.8. The number of alkyl halides is 3. The van der Waals surface area contributed by atoms with Crippen molar-refractivity contribution in [3.63, 3.8) is 0 Å². The lowest BCUT2D eigenvalue weighted by Crippen LogP contribution is -2.12. The van der Waals surface area contributed by atoms with E-state index in [1.165, 1.54) is 0 Å². The number of hydrogen-bond donors (Lipinski definition) is 1. The fourth-order valence-electron chi connectivity index (χ4n) is 0.654. The summed E-state index contributed by atoms with van der Waals surface area (Å²) in [6.07, 6.45) is 1.06. The summed E-state index contributed by atoms with van der Waals surface area (Å²) >= 11 is 21.9. The summed E-state index contributed by atoms with van der Waals surface area (Å²) in [6, 6.07) is 0. The molecule has 0 bridgehead atoms. The fraction of sp³-hybridized carbons (Fsp3) is 0.167. The van der Waals surface area contributed by atoms with Crippen molar-refractivity contribution in [2.24, 2.45) is 0 Å². The maximum atomic E-state index is 10.6. The van der Waals surface area contributed by atoms with Crippen LogP contribution in [-0.2, 0) is 3.79 Å². The largest absolute Gasteiger partial charge is 0.476 e. The summed E-state index contributed by atoms with van der Waals surface area (Å²) in [5, 5.41) is 8.54. The number of halogens is 4. The van der Waals surface area contributed by atoms with E-state index in [0.717, 1.165) is 6.20 Å². The van der Waals surface area contributed by atoms with Crippen LogP contribution in [0.2, 0.25) is 5.02 Å². The first-order valence-corrected chi connectivity index (χ1v) is 4.66. The Morgan fingerprint density at radius 2 is 2.00 bits per heavy atom. The number of carboxylic acids is 1. The van der Waals surface area contributed by atoms with Crippen molar-refractivity contribution in [1.29, 1.82) is 0 Å². The molecule has 0 saturated carbocycles. The topological polar surface area (TPSA) is 63.1 Å². The molecule has 0 aliphatic rings. The molecule has 1 rings (SSSR count). The first-order chi connectivity index (χ1) is 6.32. The Morgan fingerprint density at radius 3 is 2.43 bits per heavy atom. The zero-order valence-corrected chi connectivity index (χ0v) is 9.36. The van der Waals surface area contributed by atoms with Crippen LogP contribution in [0.15, 0.2) is 6.20 Å². The highest BCUT2D eigenvalue weighted by atomic mass is 35.6. The van der Waals surface area contributed by atoms with Crippen molar-refractivity contribution >= 4 is 52.4 Å². The minimum absolute atomic E-state index is 0.115. The van der Waals surface area contributed by atoms with E-state index in [2.05, 4.69) is 9.97 Å². The second-order valence-corrected chi connectivity index (χ2v) is 4.88. The molecule has 1 N–H and O–H groups in total. The summed E-state index contributed by atoms with van der Waals surface area (Å²) in [6.45, 7) is 0. The van der Waals surface area contributed by atoms with E-state index in [-0.39, 0.29) is 10.8 Å². The average molecular weight is 276 g/mol. The number of nitrogens with zero attached hydrogens (tertiary/aromatic N) is 2. The van der Waals surface area contributed by atoms with Crippen molar-refractivity contribution in [3.8, 4) is 0 Å². The van der Waals surface area contributed by atoms with Crippen LogP contribution in [0.3, 0.4) is 0 Å². The molecule has 0 radical (unpaired) electrons. The number of carbonyl (C=O) groups is 1. The van der Waals surface area contributed by atoms with Crippen LogP contribution in [0.4, 0.5) is 0 Å². The molecule has 76 valence electrons. The number of aromatic nitrogens is 2. The van der Waals surface area contributed by atoms with E-state index < -0.39 is 15.5 Å². The van der Waals surface area contributed by atoms with Crippen molar-refractivity contribution in [3.05, 3.63) is 22.7 Å². The lowest BCUT2D eigenvalue weighted by Gasteiger charge is -2.09. The van der Waals surface area contributed by atoms with Crippen LogP contribution >= 0.6 is 46.4 Å². The number of aromatic carboxylic acids is 1. The SMILES string of the molecule is O=C(O)c1nc(C(Cl)(Cl)Cl)ncc1Cl. The van der Waals surface area contributed by atoms with Gasteiger partial charge >= 0.3 is 5.97 Å². The molecule has 0 aromatic carbocycles. The van der Waals surface area contributed by atoms with Gasteiger partial charge in [0.15, 0.2) is 11.5 Å². The maximum absolute atomic E-state index is 10.6. The van der Waals surface area contributed by atoms with Gasteiger partial charge in [-0.25, -0.2) is 14.8 Å². The summed E-state index contributed by atoms with van der Waals surface area (Å²) in [5.41, 5.74) is -0.400. The van der Waals surface area contributed by atoms with E-state index in [1.54, 1.807) is 0 Å². The van der Waals surface area contributed by atoms with Crippen LogP contribution in [0.1, 0.15) is 16.3 Å². The van der Waals surface area contributed by atoms with Gasteiger partial charge in [-0.05, 0) is 0 Å².